The van der Waals surface area contributed by atoms with Gasteiger partial charge in [-0.1, -0.05) is 0 Å². The Balaban J connectivity index is 0.00000300. The summed E-state index contributed by atoms with van der Waals surface area (Å²) in [5, 5.41) is 4.75. The molecule has 0 atom stereocenters. The van der Waals surface area contributed by atoms with Gasteiger partial charge in [-0.25, -0.2) is 0 Å². The molecule has 3 rings (SSSR count). The topological polar surface area (TPSA) is 0 Å². The van der Waals surface area contributed by atoms with Crippen LogP contribution in [-0.4, -0.2) is 8.07 Å². The fourth-order valence-electron chi connectivity index (χ4n) is 4.81. The standard InChI is InChI=1S/C26H33Si.3ClH.Ti/c1-18-12-19(2)15-22(14-18)27(8,23-16-20(3)13-21(4)17-23)25-11-9-10-24(25)26(5,6)7;;;;/h10,12-17H,9H2,1-8H3;3*1H;/q;;;;+3/p-3. The van der Waals surface area contributed by atoms with Crippen LogP contribution in [-0.2, 0) is 20.4 Å². The van der Waals surface area contributed by atoms with Crippen LogP contribution in [0.5, 0.6) is 0 Å². The van der Waals surface area contributed by atoms with Crippen LogP contribution in [0.2, 0.25) is 6.55 Å². The van der Waals surface area contributed by atoms with Gasteiger partial charge in [0.1, 0.15) is 0 Å². The van der Waals surface area contributed by atoms with Gasteiger partial charge in [-0.05, 0) is 0 Å². The van der Waals surface area contributed by atoms with E-state index in [-0.39, 0.29) is 42.6 Å². The molecule has 0 unspecified atom stereocenters. The maximum Gasteiger partial charge on any atom is -1.00 e. The van der Waals surface area contributed by atoms with Gasteiger partial charge in [0.25, 0.3) is 0 Å². The molecule has 1 aliphatic rings. The molecule has 0 N–H and O–H groups in total. The normalized spacial score (nSPS) is 13.8. The van der Waals surface area contributed by atoms with E-state index < -0.39 is 8.07 Å². The summed E-state index contributed by atoms with van der Waals surface area (Å²) in [4.78, 5) is 0. The molecular formula is C26H33Cl3SiTi. The molecule has 0 radical (unpaired) electrons. The van der Waals surface area contributed by atoms with Crippen LogP contribution in [0.4, 0.5) is 0 Å². The fourth-order valence-corrected chi connectivity index (χ4v) is 11.0. The van der Waals surface area contributed by atoms with E-state index in [9.17, 15) is 0 Å². The zero-order valence-corrected chi connectivity index (χ0v) is 24.7. The first-order valence-electron chi connectivity index (χ1n) is 10.3. The van der Waals surface area contributed by atoms with Gasteiger partial charge in [-0.2, -0.15) is 0 Å². The summed E-state index contributed by atoms with van der Waals surface area (Å²) in [6.07, 6.45) is 3.60. The molecule has 0 bridgehead atoms. The molecular weight excluding hydrogens is 495 g/mol. The molecule has 2 aromatic carbocycles. The first-order valence-corrected chi connectivity index (χ1v) is 13.5. The number of rotatable bonds is 3. The molecule has 5 heteroatoms. The van der Waals surface area contributed by atoms with Crippen LogP contribution in [0.3, 0.4) is 0 Å². The molecule has 0 nitrogen and oxygen atoms in total. The van der Waals surface area contributed by atoms with E-state index in [4.69, 9.17) is 0 Å². The summed E-state index contributed by atoms with van der Waals surface area (Å²) in [5.74, 6) is 0. The van der Waals surface area contributed by atoms with Gasteiger partial charge in [-0.3, -0.25) is 0 Å². The smallest absolute Gasteiger partial charge is 1.00 e. The summed E-state index contributed by atoms with van der Waals surface area (Å²) in [6, 6.07) is 14.4. The van der Waals surface area contributed by atoms with Crippen molar-refractivity contribution in [2.75, 3.05) is 0 Å². The van der Waals surface area contributed by atoms with Crippen molar-refractivity contribution in [3.63, 3.8) is 0 Å². The second-order valence-electron chi connectivity index (χ2n) is 9.80. The molecule has 0 aromatic heterocycles. The molecule has 166 valence electrons. The van der Waals surface area contributed by atoms with Crippen LogP contribution >= 0.6 is 0 Å². The Morgan fingerprint density at radius 2 is 1.06 bits per heavy atom. The Morgan fingerprint density at radius 1 is 0.710 bits per heavy atom. The van der Waals surface area contributed by atoms with E-state index in [1.165, 1.54) is 22.3 Å². The summed E-state index contributed by atoms with van der Waals surface area (Å²) < 4.78 is 1.57. The largest absolute Gasteiger partial charge is 1.00 e. The fraction of sp³-hybridized carbons (Fsp3) is 0.385. The summed E-state index contributed by atoms with van der Waals surface area (Å²) >= 11 is 2.36. The SMILES string of the molecule is Cc1cc(C)cc([Si](C)(C2=[C]([Ti+3])CC=C2C(C)(C)C)c2cc(C)cc(C)c2)c1.[Cl-].[Cl-].[Cl-]. The minimum atomic E-state index is -2.12. The van der Waals surface area contributed by atoms with Crippen LogP contribution in [0, 0.1) is 33.1 Å². The van der Waals surface area contributed by atoms with Crippen LogP contribution in [0.15, 0.2) is 57.1 Å². The number of hydrogen-bond donors (Lipinski definition) is 0. The molecule has 0 spiro atoms. The van der Waals surface area contributed by atoms with Crippen LogP contribution in [0.25, 0.3) is 0 Å². The molecule has 31 heavy (non-hydrogen) atoms. The van der Waals surface area contributed by atoms with Crippen molar-refractivity contribution in [2.45, 2.75) is 61.4 Å². The second-order valence-corrected chi connectivity index (χ2v) is 14.7. The third-order valence-corrected chi connectivity index (χ3v) is 11.5. The molecule has 0 heterocycles. The summed E-state index contributed by atoms with van der Waals surface area (Å²) in [6.45, 7) is 18.7. The first-order chi connectivity index (χ1) is 12.9. The monoisotopic (exact) mass is 526 g/mol. The van der Waals surface area contributed by atoms with Crippen LogP contribution in [0.1, 0.15) is 49.4 Å². The second kappa shape index (κ2) is 11.2. The maximum absolute atomic E-state index is 2.58. The van der Waals surface area contributed by atoms with Crippen molar-refractivity contribution in [1.29, 1.82) is 0 Å². The number of allylic oxidation sites excluding steroid dienone is 4. The molecule has 0 aliphatic heterocycles. The third-order valence-electron chi connectivity index (χ3n) is 5.99. The average molecular weight is 528 g/mol. The molecule has 0 saturated heterocycles. The zero-order chi connectivity index (χ0) is 20.9. The van der Waals surface area contributed by atoms with Crippen molar-refractivity contribution in [3.05, 3.63) is 79.4 Å². The van der Waals surface area contributed by atoms with Gasteiger partial charge in [0.2, 0.25) is 0 Å². The van der Waals surface area contributed by atoms with E-state index in [1.54, 1.807) is 25.0 Å². The van der Waals surface area contributed by atoms with E-state index in [0.717, 1.165) is 6.42 Å². The predicted molar refractivity (Wildman–Crippen MR) is 122 cm³/mol. The third kappa shape index (κ3) is 6.19. The number of hydrogen-bond acceptors (Lipinski definition) is 0. The number of halogens is 3. The Hall–Kier alpha value is -0.279. The van der Waals surface area contributed by atoms with E-state index in [2.05, 4.69) is 118 Å². The summed E-state index contributed by atoms with van der Waals surface area (Å²) in [7, 11) is -2.12. The van der Waals surface area contributed by atoms with Crippen LogP contribution < -0.4 is 47.6 Å². The van der Waals surface area contributed by atoms with Crippen molar-refractivity contribution >= 4 is 18.4 Å². The Bertz CT molecular complexity index is 908. The molecule has 0 saturated carbocycles. The Morgan fingerprint density at radius 3 is 1.39 bits per heavy atom. The zero-order valence-electron chi connectivity index (χ0n) is 19.9. The molecule has 0 fully saturated rings. The minimum Gasteiger partial charge on any atom is -1.00 e. The van der Waals surface area contributed by atoms with Gasteiger partial charge >= 0.3 is 185 Å². The number of benzene rings is 2. The van der Waals surface area contributed by atoms with Crippen molar-refractivity contribution in [2.24, 2.45) is 5.41 Å². The minimum absolute atomic E-state index is 0. The van der Waals surface area contributed by atoms with E-state index >= 15 is 0 Å². The summed E-state index contributed by atoms with van der Waals surface area (Å²) in [5.41, 5.74) is 7.22. The first kappa shape index (κ1) is 30.7. The predicted octanol–water partition coefficient (Wildman–Crippen LogP) is -3.16. The molecule has 2 aromatic rings. The van der Waals surface area contributed by atoms with Gasteiger partial charge in [0, 0.05) is 0 Å². The molecule has 0 amide bonds. The van der Waals surface area contributed by atoms with Gasteiger partial charge in [0.15, 0.2) is 0 Å². The average Bonchev–Trinajstić information content (AvgIpc) is 2.94. The van der Waals surface area contributed by atoms with Gasteiger partial charge in [-0.15, -0.1) is 0 Å². The molecule has 1 aliphatic carbocycles. The van der Waals surface area contributed by atoms with Crippen molar-refractivity contribution in [1.82, 2.24) is 0 Å². The van der Waals surface area contributed by atoms with Crippen molar-refractivity contribution < 1.29 is 57.7 Å². The van der Waals surface area contributed by atoms with Gasteiger partial charge in [0.05, 0.1) is 0 Å². The van der Waals surface area contributed by atoms with Gasteiger partial charge < -0.3 is 37.2 Å². The quantitative estimate of drug-likeness (QED) is 0.370. The van der Waals surface area contributed by atoms with Crippen molar-refractivity contribution in [3.8, 4) is 0 Å². The van der Waals surface area contributed by atoms with E-state index in [0.29, 0.717) is 0 Å². The maximum atomic E-state index is 2.58. The Labute approximate surface area is 221 Å². The number of aryl methyl sites for hydroxylation is 4. The Kier molecular flexibility index (Phi) is 11.1. The van der Waals surface area contributed by atoms with E-state index in [1.807, 2.05) is 0 Å².